The van der Waals surface area contributed by atoms with Gasteiger partial charge in [0.05, 0.1) is 10.3 Å². The molecule has 1 aliphatic rings. The Bertz CT molecular complexity index is 431. The summed E-state index contributed by atoms with van der Waals surface area (Å²) < 4.78 is 0.672. The molecular weight excluding hydrogens is 250 g/mol. The fraction of sp³-hybridized carbons (Fsp3) is 0.400. The lowest BCUT2D eigenvalue weighted by atomic mass is 9.98. The highest BCUT2D eigenvalue weighted by molar-refractivity contribution is 7.16. The van der Waals surface area contributed by atoms with Gasteiger partial charge in [0.1, 0.15) is 0 Å². The lowest BCUT2D eigenvalue weighted by Gasteiger charge is -2.13. The summed E-state index contributed by atoms with van der Waals surface area (Å²) >= 11 is 7.20. The van der Waals surface area contributed by atoms with Crippen molar-refractivity contribution >= 4 is 34.8 Å². The first kappa shape index (κ1) is 11.4. The molecule has 0 spiro atoms. The Labute approximate surface area is 101 Å². The fourth-order valence-corrected chi connectivity index (χ4v) is 2.99. The number of carboxylic acid groups (broad SMARTS) is 1. The third kappa shape index (κ3) is 2.36. The summed E-state index contributed by atoms with van der Waals surface area (Å²) in [4.78, 5) is 23.1. The van der Waals surface area contributed by atoms with E-state index in [1.54, 1.807) is 6.07 Å². The van der Waals surface area contributed by atoms with E-state index in [-0.39, 0.29) is 18.4 Å². The summed E-state index contributed by atoms with van der Waals surface area (Å²) in [6, 6.07) is 3.31. The maximum atomic E-state index is 11.2. The van der Waals surface area contributed by atoms with E-state index >= 15 is 0 Å². The summed E-state index contributed by atoms with van der Waals surface area (Å²) in [7, 11) is 0. The molecule has 1 aromatic heterocycles. The lowest BCUT2D eigenvalue weighted by Crippen LogP contribution is -2.34. The van der Waals surface area contributed by atoms with Crippen LogP contribution in [0.25, 0.3) is 0 Å². The van der Waals surface area contributed by atoms with Crippen LogP contribution in [0.3, 0.4) is 0 Å². The van der Waals surface area contributed by atoms with Gasteiger partial charge in [-0.05, 0) is 12.1 Å². The van der Waals surface area contributed by atoms with Crippen molar-refractivity contribution in [3.05, 3.63) is 21.3 Å². The van der Waals surface area contributed by atoms with Gasteiger partial charge >= 0.3 is 5.97 Å². The van der Waals surface area contributed by atoms with Gasteiger partial charge in [0.25, 0.3) is 0 Å². The molecule has 1 amide bonds. The van der Waals surface area contributed by atoms with Gasteiger partial charge in [-0.3, -0.25) is 9.59 Å². The third-order valence-corrected chi connectivity index (χ3v) is 3.86. The van der Waals surface area contributed by atoms with Crippen LogP contribution in [0.1, 0.15) is 11.3 Å². The number of carbonyl (C=O) groups is 2. The van der Waals surface area contributed by atoms with E-state index in [1.807, 2.05) is 6.07 Å². The minimum Gasteiger partial charge on any atom is -0.481 e. The average molecular weight is 260 g/mol. The molecule has 0 aliphatic carbocycles. The van der Waals surface area contributed by atoms with Gasteiger partial charge in [-0.15, -0.1) is 11.3 Å². The zero-order chi connectivity index (χ0) is 11.7. The third-order valence-electron chi connectivity index (χ3n) is 2.60. The number of carboxylic acids is 1. The van der Waals surface area contributed by atoms with E-state index in [9.17, 15) is 9.59 Å². The minimum absolute atomic E-state index is 0.0686. The van der Waals surface area contributed by atoms with Gasteiger partial charge in [0, 0.05) is 23.8 Å². The highest BCUT2D eigenvalue weighted by Crippen LogP contribution is 2.26. The molecule has 0 radical (unpaired) electrons. The number of amides is 1. The van der Waals surface area contributed by atoms with Crippen LogP contribution in [0.5, 0.6) is 0 Å². The summed E-state index contributed by atoms with van der Waals surface area (Å²) in [5, 5.41) is 11.7. The first-order valence-electron chi connectivity index (χ1n) is 4.82. The number of halogens is 1. The van der Waals surface area contributed by atoms with E-state index < -0.39 is 11.9 Å². The smallest absolute Gasteiger partial charge is 0.309 e. The van der Waals surface area contributed by atoms with Crippen LogP contribution in [-0.4, -0.2) is 23.0 Å². The van der Waals surface area contributed by atoms with Gasteiger partial charge < -0.3 is 10.4 Å². The summed E-state index contributed by atoms with van der Waals surface area (Å²) in [5.74, 6) is -1.75. The Morgan fingerprint density at radius 3 is 2.94 bits per heavy atom. The summed E-state index contributed by atoms with van der Waals surface area (Å²) in [6.07, 6.45) is 0.596. The van der Waals surface area contributed by atoms with Crippen molar-refractivity contribution < 1.29 is 14.7 Å². The van der Waals surface area contributed by atoms with E-state index in [2.05, 4.69) is 5.32 Å². The number of thiophene rings is 1. The van der Waals surface area contributed by atoms with Crippen LogP contribution < -0.4 is 5.32 Å². The zero-order valence-corrected chi connectivity index (χ0v) is 9.85. The van der Waals surface area contributed by atoms with E-state index in [4.69, 9.17) is 16.7 Å². The molecule has 0 saturated carbocycles. The Kier molecular flexibility index (Phi) is 3.16. The summed E-state index contributed by atoms with van der Waals surface area (Å²) in [5.41, 5.74) is 0. The van der Waals surface area contributed by atoms with Crippen LogP contribution in [0.15, 0.2) is 12.1 Å². The molecular formula is C10H10ClNO3S. The standard InChI is InChI=1S/C10H10ClNO3S/c11-8-2-1-5(16-8)3-7-6(10(14)15)4-9(13)12-7/h1-2,6-7H,3-4H2,(H,12,13)(H,14,15). The van der Waals surface area contributed by atoms with Crippen LogP contribution in [0, 0.1) is 5.92 Å². The van der Waals surface area contributed by atoms with Gasteiger partial charge in [0.15, 0.2) is 0 Å². The number of hydrogen-bond acceptors (Lipinski definition) is 3. The molecule has 6 heteroatoms. The van der Waals surface area contributed by atoms with Crippen molar-refractivity contribution in [1.29, 1.82) is 0 Å². The van der Waals surface area contributed by atoms with Crippen molar-refractivity contribution in [2.24, 2.45) is 5.92 Å². The van der Waals surface area contributed by atoms with Gasteiger partial charge in [0.2, 0.25) is 5.91 Å². The minimum atomic E-state index is -0.925. The van der Waals surface area contributed by atoms with Crippen LogP contribution >= 0.6 is 22.9 Å². The second kappa shape index (κ2) is 4.43. The molecule has 1 aromatic rings. The maximum absolute atomic E-state index is 11.2. The normalized spacial score (nSPS) is 24.4. The van der Waals surface area contributed by atoms with Crippen molar-refractivity contribution in [2.45, 2.75) is 18.9 Å². The number of aliphatic carboxylic acids is 1. The van der Waals surface area contributed by atoms with Gasteiger partial charge in [-0.1, -0.05) is 11.6 Å². The fourth-order valence-electron chi connectivity index (χ4n) is 1.84. The highest BCUT2D eigenvalue weighted by atomic mass is 35.5. The molecule has 0 bridgehead atoms. The molecule has 16 heavy (non-hydrogen) atoms. The van der Waals surface area contributed by atoms with E-state index in [0.717, 1.165) is 4.88 Å². The largest absolute Gasteiger partial charge is 0.481 e. The van der Waals surface area contributed by atoms with Crippen LogP contribution in [0.2, 0.25) is 4.34 Å². The summed E-state index contributed by atoms with van der Waals surface area (Å²) in [6.45, 7) is 0. The zero-order valence-electron chi connectivity index (χ0n) is 8.27. The molecule has 1 aliphatic heterocycles. The number of carbonyl (C=O) groups excluding carboxylic acids is 1. The Morgan fingerprint density at radius 2 is 2.38 bits per heavy atom. The quantitative estimate of drug-likeness (QED) is 0.865. The predicted octanol–water partition coefficient (Wildman–Crippen LogP) is 1.53. The second-order valence-corrected chi connectivity index (χ2v) is 5.53. The highest BCUT2D eigenvalue weighted by Gasteiger charge is 2.37. The Hall–Kier alpha value is -1.07. The molecule has 2 unspecified atom stereocenters. The SMILES string of the molecule is O=C1CC(C(=O)O)C(Cc2ccc(Cl)s2)N1. The van der Waals surface area contributed by atoms with Gasteiger partial charge in [-0.2, -0.15) is 0 Å². The number of nitrogens with one attached hydrogen (secondary N) is 1. The Morgan fingerprint density at radius 1 is 1.62 bits per heavy atom. The number of hydrogen-bond donors (Lipinski definition) is 2. The topological polar surface area (TPSA) is 66.4 Å². The molecule has 2 heterocycles. The molecule has 1 fully saturated rings. The first-order chi connectivity index (χ1) is 7.56. The lowest BCUT2D eigenvalue weighted by molar-refractivity contribution is -0.142. The average Bonchev–Trinajstić information content (AvgIpc) is 2.74. The molecule has 4 nitrogen and oxygen atoms in total. The molecule has 2 N–H and O–H groups in total. The van der Waals surface area contributed by atoms with Crippen molar-refractivity contribution in [3.8, 4) is 0 Å². The van der Waals surface area contributed by atoms with Crippen LogP contribution in [0.4, 0.5) is 0 Å². The predicted molar refractivity (Wildman–Crippen MR) is 60.7 cm³/mol. The van der Waals surface area contributed by atoms with Crippen molar-refractivity contribution in [2.75, 3.05) is 0 Å². The monoisotopic (exact) mass is 259 g/mol. The van der Waals surface area contributed by atoms with E-state index in [1.165, 1.54) is 11.3 Å². The van der Waals surface area contributed by atoms with Crippen molar-refractivity contribution in [1.82, 2.24) is 5.32 Å². The first-order valence-corrected chi connectivity index (χ1v) is 6.02. The molecule has 86 valence electrons. The molecule has 1 saturated heterocycles. The Balaban J connectivity index is 2.08. The number of rotatable bonds is 3. The molecule has 2 atom stereocenters. The van der Waals surface area contributed by atoms with Crippen molar-refractivity contribution in [3.63, 3.8) is 0 Å². The molecule has 2 rings (SSSR count). The maximum Gasteiger partial charge on any atom is 0.309 e. The van der Waals surface area contributed by atoms with E-state index in [0.29, 0.717) is 10.8 Å². The molecule has 0 aromatic carbocycles. The second-order valence-electron chi connectivity index (χ2n) is 3.73. The van der Waals surface area contributed by atoms with Gasteiger partial charge in [-0.25, -0.2) is 0 Å². The van der Waals surface area contributed by atoms with Crippen LogP contribution in [-0.2, 0) is 16.0 Å².